The molecule has 0 bridgehead atoms. The number of aryl methyl sites for hydroxylation is 1. The number of methoxy groups -OCH3 is 1. The Balaban J connectivity index is 1.93. The molecule has 1 fully saturated rings. The van der Waals surface area contributed by atoms with Gasteiger partial charge in [0.1, 0.15) is 11.8 Å². The highest BCUT2D eigenvalue weighted by Gasteiger charge is 2.36. The first-order chi connectivity index (χ1) is 17.0. The maximum atomic E-state index is 13.3. The number of benzene rings is 1. The van der Waals surface area contributed by atoms with Gasteiger partial charge in [0.05, 0.1) is 12.8 Å². The first-order valence-electron chi connectivity index (χ1n) is 12.9. The van der Waals surface area contributed by atoms with Crippen LogP contribution in [0.2, 0.25) is 0 Å². The standard InChI is InChI=1S/C27H39F3N4O2/c1-7-34-25(21-13-12-20(14-22(21)36-6)32-18(5)27(28,29)30)23(16(2)3)24(33-34)26(35)31-15-19-10-8-17(4)9-11-19/h12-14,16-19,32H,7-11,15H2,1-6H3,(H,31,35)/t17?,18-,19?/m1/s1. The maximum Gasteiger partial charge on any atom is 0.408 e. The number of anilines is 1. The van der Waals surface area contributed by atoms with Gasteiger partial charge in [-0.25, -0.2) is 0 Å². The van der Waals surface area contributed by atoms with Crippen LogP contribution in [0.5, 0.6) is 5.75 Å². The summed E-state index contributed by atoms with van der Waals surface area (Å²) in [5.74, 6) is 1.45. The van der Waals surface area contributed by atoms with E-state index in [4.69, 9.17) is 4.74 Å². The molecule has 1 aliphatic carbocycles. The minimum Gasteiger partial charge on any atom is -0.496 e. The SMILES string of the molecule is CCn1nc(C(=O)NCC2CCC(C)CC2)c(C(C)C)c1-c1ccc(N[C@H](C)C(F)(F)F)cc1OC. The second-order valence-corrected chi connectivity index (χ2v) is 10.2. The molecule has 1 atom stereocenters. The summed E-state index contributed by atoms with van der Waals surface area (Å²) in [6, 6.07) is 3.17. The van der Waals surface area contributed by atoms with Crippen molar-refractivity contribution in [3.63, 3.8) is 0 Å². The second kappa shape index (κ2) is 11.6. The van der Waals surface area contributed by atoms with E-state index in [9.17, 15) is 18.0 Å². The van der Waals surface area contributed by atoms with Crippen molar-refractivity contribution >= 4 is 11.6 Å². The molecule has 0 unspecified atom stereocenters. The first kappa shape index (κ1) is 27.9. The highest BCUT2D eigenvalue weighted by Crippen LogP contribution is 2.39. The minimum absolute atomic E-state index is 0.00987. The van der Waals surface area contributed by atoms with Gasteiger partial charge in [-0.1, -0.05) is 33.6 Å². The van der Waals surface area contributed by atoms with Crippen LogP contribution in [-0.2, 0) is 6.54 Å². The highest BCUT2D eigenvalue weighted by atomic mass is 19.4. The molecular formula is C27H39F3N4O2. The second-order valence-electron chi connectivity index (χ2n) is 10.2. The Labute approximate surface area is 212 Å². The largest absolute Gasteiger partial charge is 0.496 e. The fraction of sp³-hybridized carbons (Fsp3) is 0.630. The minimum atomic E-state index is -4.37. The number of carbonyl (C=O) groups is 1. The van der Waals surface area contributed by atoms with Crippen LogP contribution in [0.4, 0.5) is 18.9 Å². The summed E-state index contributed by atoms with van der Waals surface area (Å²) in [6.45, 7) is 10.5. The molecule has 1 aromatic heterocycles. The van der Waals surface area contributed by atoms with Crippen molar-refractivity contribution in [2.75, 3.05) is 19.0 Å². The topological polar surface area (TPSA) is 68.2 Å². The molecule has 0 aliphatic heterocycles. The van der Waals surface area contributed by atoms with Crippen LogP contribution < -0.4 is 15.4 Å². The predicted octanol–water partition coefficient (Wildman–Crippen LogP) is 6.62. The smallest absolute Gasteiger partial charge is 0.408 e. The number of rotatable bonds is 9. The van der Waals surface area contributed by atoms with E-state index in [1.807, 2.05) is 20.8 Å². The number of carbonyl (C=O) groups excluding carboxylic acids is 1. The quantitative estimate of drug-likeness (QED) is 0.399. The van der Waals surface area contributed by atoms with Gasteiger partial charge in [-0.3, -0.25) is 9.48 Å². The van der Waals surface area contributed by atoms with E-state index in [-0.39, 0.29) is 11.8 Å². The van der Waals surface area contributed by atoms with E-state index in [2.05, 4.69) is 22.7 Å². The van der Waals surface area contributed by atoms with Gasteiger partial charge in [0.2, 0.25) is 0 Å². The number of halogens is 3. The lowest BCUT2D eigenvalue weighted by Gasteiger charge is -2.26. The summed E-state index contributed by atoms with van der Waals surface area (Å²) in [5, 5.41) is 10.3. The van der Waals surface area contributed by atoms with E-state index in [1.54, 1.807) is 22.9 Å². The van der Waals surface area contributed by atoms with Crippen LogP contribution in [0, 0.1) is 11.8 Å². The number of amides is 1. The third-order valence-corrected chi connectivity index (χ3v) is 7.10. The zero-order valence-electron chi connectivity index (χ0n) is 22.1. The van der Waals surface area contributed by atoms with Gasteiger partial charge in [0, 0.05) is 36.0 Å². The lowest BCUT2D eigenvalue weighted by molar-refractivity contribution is -0.138. The van der Waals surface area contributed by atoms with Gasteiger partial charge >= 0.3 is 6.18 Å². The van der Waals surface area contributed by atoms with E-state index in [1.165, 1.54) is 20.0 Å². The molecule has 1 aromatic carbocycles. The number of alkyl halides is 3. The Morgan fingerprint density at radius 3 is 2.42 bits per heavy atom. The van der Waals surface area contributed by atoms with Crippen LogP contribution in [0.1, 0.15) is 82.3 Å². The fourth-order valence-corrected chi connectivity index (χ4v) is 4.87. The van der Waals surface area contributed by atoms with Gasteiger partial charge in [-0.05, 0) is 56.6 Å². The lowest BCUT2D eigenvalue weighted by atomic mass is 9.83. The summed E-state index contributed by atoms with van der Waals surface area (Å²) >= 11 is 0. The summed E-state index contributed by atoms with van der Waals surface area (Å²) in [4.78, 5) is 13.3. The van der Waals surface area contributed by atoms with Crippen LogP contribution >= 0.6 is 0 Å². The van der Waals surface area contributed by atoms with Gasteiger partial charge < -0.3 is 15.4 Å². The highest BCUT2D eigenvalue weighted by molar-refractivity contribution is 5.96. The van der Waals surface area contributed by atoms with Crippen molar-refractivity contribution in [2.45, 2.75) is 85.0 Å². The molecule has 2 N–H and O–H groups in total. The summed E-state index contributed by atoms with van der Waals surface area (Å²) < 4.78 is 46.5. The van der Waals surface area contributed by atoms with Gasteiger partial charge in [-0.2, -0.15) is 18.3 Å². The van der Waals surface area contributed by atoms with Crippen LogP contribution in [0.3, 0.4) is 0 Å². The Hall–Kier alpha value is -2.71. The van der Waals surface area contributed by atoms with Crippen molar-refractivity contribution in [3.8, 4) is 17.0 Å². The van der Waals surface area contributed by atoms with Crippen LogP contribution in [0.15, 0.2) is 18.2 Å². The molecule has 1 saturated carbocycles. The molecule has 6 nitrogen and oxygen atoms in total. The summed E-state index contributed by atoms with van der Waals surface area (Å²) in [5.41, 5.74) is 2.92. The molecule has 0 spiro atoms. The molecule has 1 amide bonds. The van der Waals surface area contributed by atoms with Crippen molar-refractivity contribution in [1.29, 1.82) is 0 Å². The molecule has 9 heteroatoms. The molecule has 200 valence electrons. The number of nitrogens with zero attached hydrogens (tertiary/aromatic N) is 2. The Kier molecular flexibility index (Phi) is 8.95. The van der Waals surface area contributed by atoms with E-state index >= 15 is 0 Å². The Morgan fingerprint density at radius 1 is 1.19 bits per heavy atom. The van der Waals surface area contributed by atoms with Crippen molar-refractivity contribution in [1.82, 2.24) is 15.1 Å². The van der Waals surface area contributed by atoms with Crippen LogP contribution in [0.25, 0.3) is 11.3 Å². The number of hydrogen-bond acceptors (Lipinski definition) is 4. The number of nitrogens with one attached hydrogen (secondary N) is 2. The van der Waals surface area contributed by atoms with Crippen molar-refractivity contribution in [3.05, 3.63) is 29.5 Å². The van der Waals surface area contributed by atoms with E-state index < -0.39 is 12.2 Å². The van der Waals surface area contributed by atoms with Crippen molar-refractivity contribution < 1.29 is 22.7 Å². The van der Waals surface area contributed by atoms with E-state index in [0.29, 0.717) is 41.7 Å². The molecule has 1 aliphatic rings. The predicted molar refractivity (Wildman–Crippen MR) is 137 cm³/mol. The van der Waals surface area contributed by atoms with Gasteiger partial charge in [0.25, 0.3) is 5.91 Å². The third-order valence-electron chi connectivity index (χ3n) is 7.10. The molecule has 2 aromatic rings. The Morgan fingerprint density at radius 2 is 1.86 bits per heavy atom. The van der Waals surface area contributed by atoms with Gasteiger partial charge in [0.15, 0.2) is 5.69 Å². The third kappa shape index (κ3) is 6.34. The molecule has 36 heavy (non-hydrogen) atoms. The normalized spacial score (nSPS) is 19.3. The van der Waals surface area contributed by atoms with E-state index in [0.717, 1.165) is 36.9 Å². The fourth-order valence-electron chi connectivity index (χ4n) is 4.87. The lowest BCUT2D eigenvalue weighted by Crippen LogP contribution is -2.33. The first-order valence-corrected chi connectivity index (χ1v) is 12.9. The number of aromatic nitrogens is 2. The molecule has 1 heterocycles. The Bertz CT molecular complexity index is 1040. The summed E-state index contributed by atoms with van der Waals surface area (Å²) in [6.07, 6.45) is 0.266. The zero-order chi connectivity index (χ0) is 26.6. The molecule has 0 radical (unpaired) electrons. The average molecular weight is 509 g/mol. The maximum absolute atomic E-state index is 13.3. The number of ether oxygens (including phenoxy) is 1. The monoisotopic (exact) mass is 508 g/mol. The van der Waals surface area contributed by atoms with Gasteiger partial charge in [-0.15, -0.1) is 0 Å². The van der Waals surface area contributed by atoms with Crippen molar-refractivity contribution in [2.24, 2.45) is 11.8 Å². The molecule has 3 rings (SSSR count). The van der Waals surface area contributed by atoms with Crippen LogP contribution in [-0.4, -0.2) is 41.6 Å². The summed E-state index contributed by atoms with van der Waals surface area (Å²) in [7, 11) is 1.48. The zero-order valence-corrected chi connectivity index (χ0v) is 22.1. The molecular weight excluding hydrogens is 469 g/mol. The number of hydrogen-bond donors (Lipinski definition) is 2. The average Bonchev–Trinajstić information content (AvgIpc) is 3.22. The molecule has 0 saturated heterocycles.